The summed E-state index contributed by atoms with van der Waals surface area (Å²) in [6.07, 6.45) is 0. The minimum Gasteiger partial charge on any atom is -0.399 e. The molecular weight excluding hydrogens is 243 g/mol. The fourth-order valence-corrected chi connectivity index (χ4v) is 1.92. The molecule has 4 N–H and O–H groups in total. The number of hydrogen-bond donors (Lipinski definition) is 2. The van der Waals surface area contributed by atoms with E-state index in [-0.39, 0.29) is 0 Å². The highest BCUT2D eigenvalue weighted by molar-refractivity contribution is 6.43. The van der Waals surface area contributed by atoms with Crippen LogP contribution >= 0.6 is 23.2 Å². The third-order valence-electron chi connectivity index (χ3n) is 2.32. The van der Waals surface area contributed by atoms with Gasteiger partial charge in [-0.2, -0.15) is 0 Å². The van der Waals surface area contributed by atoms with Gasteiger partial charge in [-0.05, 0) is 24.3 Å². The summed E-state index contributed by atoms with van der Waals surface area (Å²) in [7, 11) is 0. The van der Waals surface area contributed by atoms with E-state index in [0.717, 1.165) is 11.1 Å². The molecule has 0 heterocycles. The van der Waals surface area contributed by atoms with E-state index in [0.29, 0.717) is 21.4 Å². The molecule has 16 heavy (non-hydrogen) atoms. The molecule has 0 aliphatic rings. The summed E-state index contributed by atoms with van der Waals surface area (Å²) < 4.78 is 0. The topological polar surface area (TPSA) is 52.0 Å². The summed E-state index contributed by atoms with van der Waals surface area (Å²) in [5.41, 5.74) is 14.5. The molecule has 2 nitrogen and oxygen atoms in total. The van der Waals surface area contributed by atoms with Crippen LogP contribution in [0.4, 0.5) is 11.4 Å². The zero-order valence-corrected chi connectivity index (χ0v) is 9.89. The number of benzene rings is 2. The Bertz CT molecular complexity index is 539. The van der Waals surface area contributed by atoms with Crippen LogP contribution in [0.2, 0.25) is 10.0 Å². The summed E-state index contributed by atoms with van der Waals surface area (Å²) >= 11 is 12.1. The van der Waals surface area contributed by atoms with Crippen molar-refractivity contribution in [2.24, 2.45) is 0 Å². The average Bonchev–Trinajstić information content (AvgIpc) is 2.26. The van der Waals surface area contributed by atoms with Crippen molar-refractivity contribution in [1.82, 2.24) is 0 Å². The van der Waals surface area contributed by atoms with E-state index in [4.69, 9.17) is 34.7 Å². The molecule has 0 saturated heterocycles. The number of rotatable bonds is 1. The molecule has 0 radical (unpaired) electrons. The van der Waals surface area contributed by atoms with Crippen LogP contribution in [0.3, 0.4) is 0 Å². The Morgan fingerprint density at radius 2 is 1.62 bits per heavy atom. The molecule has 0 atom stereocenters. The highest BCUT2D eigenvalue weighted by Gasteiger charge is 2.09. The molecule has 0 aromatic heterocycles. The highest BCUT2D eigenvalue weighted by Crippen LogP contribution is 2.36. The fourth-order valence-electron chi connectivity index (χ4n) is 1.52. The SMILES string of the molecule is Nc1ccc(N)c(-c2cccc(Cl)c2Cl)c1. The minimum atomic E-state index is 0.487. The van der Waals surface area contributed by atoms with Crippen molar-refractivity contribution >= 4 is 34.6 Å². The van der Waals surface area contributed by atoms with E-state index in [9.17, 15) is 0 Å². The summed E-state index contributed by atoms with van der Waals surface area (Å²) in [4.78, 5) is 0. The molecule has 0 unspecified atom stereocenters. The van der Waals surface area contributed by atoms with Gasteiger partial charge in [-0.1, -0.05) is 35.3 Å². The smallest absolute Gasteiger partial charge is 0.0671 e. The lowest BCUT2D eigenvalue weighted by atomic mass is 10.0. The molecule has 2 aromatic rings. The van der Waals surface area contributed by atoms with Crippen molar-refractivity contribution in [3.8, 4) is 11.1 Å². The normalized spacial score (nSPS) is 10.4. The van der Waals surface area contributed by atoms with E-state index in [1.54, 1.807) is 24.3 Å². The minimum absolute atomic E-state index is 0.487. The van der Waals surface area contributed by atoms with Gasteiger partial charge in [0, 0.05) is 22.5 Å². The predicted octanol–water partition coefficient (Wildman–Crippen LogP) is 3.82. The second-order valence-electron chi connectivity index (χ2n) is 3.45. The van der Waals surface area contributed by atoms with Crippen LogP contribution < -0.4 is 11.5 Å². The molecule has 4 heteroatoms. The van der Waals surface area contributed by atoms with Crippen molar-refractivity contribution < 1.29 is 0 Å². The maximum Gasteiger partial charge on any atom is 0.0671 e. The summed E-state index contributed by atoms with van der Waals surface area (Å²) in [5, 5.41) is 0.988. The van der Waals surface area contributed by atoms with Crippen LogP contribution in [-0.4, -0.2) is 0 Å². The quantitative estimate of drug-likeness (QED) is 0.759. The molecule has 0 spiro atoms. The van der Waals surface area contributed by atoms with Gasteiger partial charge in [0.2, 0.25) is 0 Å². The van der Waals surface area contributed by atoms with Crippen LogP contribution in [-0.2, 0) is 0 Å². The van der Waals surface area contributed by atoms with Crippen LogP contribution in [0, 0.1) is 0 Å². The number of anilines is 2. The van der Waals surface area contributed by atoms with E-state index in [1.165, 1.54) is 0 Å². The molecule has 0 fully saturated rings. The van der Waals surface area contributed by atoms with Crippen LogP contribution in [0.5, 0.6) is 0 Å². The second-order valence-corrected chi connectivity index (χ2v) is 4.23. The van der Waals surface area contributed by atoms with Gasteiger partial charge >= 0.3 is 0 Å². The summed E-state index contributed by atoms with van der Waals surface area (Å²) in [6.45, 7) is 0. The fraction of sp³-hybridized carbons (Fsp3) is 0. The summed E-state index contributed by atoms with van der Waals surface area (Å²) in [5.74, 6) is 0. The van der Waals surface area contributed by atoms with E-state index in [2.05, 4.69) is 0 Å². The molecule has 0 saturated carbocycles. The predicted molar refractivity (Wildman–Crippen MR) is 70.7 cm³/mol. The van der Waals surface area contributed by atoms with E-state index >= 15 is 0 Å². The number of hydrogen-bond acceptors (Lipinski definition) is 2. The van der Waals surface area contributed by atoms with Crippen molar-refractivity contribution in [2.45, 2.75) is 0 Å². The Balaban J connectivity index is 2.67. The maximum atomic E-state index is 6.12. The lowest BCUT2D eigenvalue weighted by Crippen LogP contribution is -1.93. The number of nitrogens with two attached hydrogens (primary N) is 2. The first kappa shape index (κ1) is 11.1. The molecule has 0 amide bonds. The standard InChI is InChI=1S/C12H10Cl2N2/c13-10-3-1-2-8(12(10)14)9-6-7(15)4-5-11(9)16/h1-6H,15-16H2. The Morgan fingerprint density at radius 3 is 2.38 bits per heavy atom. The molecular formula is C12H10Cl2N2. The largest absolute Gasteiger partial charge is 0.399 e. The van der Waals surface area contributed by atoms with Crippen molar-refractivity contribution in [1.29, 1.82) is 0 Å². The third kappa shape index (κ3) is 1.94. The Hall–Kier alpha value is -1.38. The van der Waals surface area contributed by atoms with Gasteiger partial charge in [-0.25, -0.2) is 0 Å². The number of nitrogen functional groups attached to an aromatic ring is 2. The first-order valence-electron chi connectivity index (χ1n) is 4.69. The number of halogens is 2. The van der Waals surface area contributed by atoms with Crippen molar-refractivity contribution in [3.05, 3.63) is 46.4 Å². The lowest BCUT2D eigenvalue weighted by Gasteiger charge is -2.09. The maximum absolute atomic E-state index is 6.12. The van der Waals surface area contributed by atoms with Gasteiger partial charge in [-0.15, -0.1) is 0 Å². The Morgan fingerprint density at radius 1 is 0.875 bits per heavy atom. The monoisotopic (exact) mass is 252 g/mol. The van der Waals surface area contributed by atoms with Gasteiger partial charge in [0.1, 0.15) is 0 Å². The first-order chi connectivity index (χ1) is 7.59. The molecule has 2 aromatic carbocycles. The van der Waals surface area contributed by atoms with Gasteiger partial charge in [0.25, 0.3) is 0 Å². The van der Waals surface area contributed by atoms with Gasteiger partial charge in [0.15, 0.2) is 0 Å². The average molecular weight is 253 g/mol. The zero-order chi connectivity index (χ0) is 11.7. The lowest BCUT2D eigenvalue weighted by molar-refractivity contribution is 1.60. The molecule has 0 aliphatic heterocycles. The second kappa shape index (κ2) is 4.24. The Labute approximate surface area is 104 Å². The van der Waals surface area contributed by atoms with Gasteiger partial charge < -0.3 is 11.5 Å². The summed E-state index contributed by atoms with van der Waals surface area (Å²) in [6, 6.07) is 10.7. The Kier molecular flexibility index (Phi) is 2.95. The van der Waals surface area contributed by atoms with Crippen molar-refractivity contribution in [3.63, 3.8) is 0 Å². The molecule has 0 aliphatic carbocycles. The van der Waals surface area contributed by atoms with Gasteiger partial charge in [-0.3, -0.25) is 0 Å². The zero-order valence-electron chi connectivity index (χ0n) is 8.37. The molecule has 0 bridgehead atoms. The molecule has 2 rings (SSSR count). The van der Waals surface area contributed by atoms with Crippen LogP contribution in [0.25, 0.3) is 11.1 Å². The van der Waals surface area contributed by atoms with Crippen LogP contribution in [0.15, 0.2) is 36.4 Å². The van der Waals surface area contributed by atoms with Crippen LogP contribution in [0.1, 0.15) is 0 Å². The highest BCUT2D eigenvalue weighted by atomic mass is 35.5. The first-order valence-corrected chi connectivity index (χ1v) is 5.44. The van der Waals surface area contributed by atoms with E-state index in [1.807, 2.05) is 12.1 Å². The van der Waals surface area contributed by atoms with E-state index < -0.39 is 0 Å². The van der Waals surface area contributed by atoms with Gasteiger partial charge in [0.05, 0.1) is 10.0 Å². The molecule has 82 valence electrons. The third-order valence-corrected chi connectivity index (χ3v) is 3.14. The van der Waals surface area contributed by atoms with Crippen molar-refractivity contribution in [2.75, 3.05) is 11.5 Å².